The maximum Gasteiger partial charge on any atom is 0.338 e. The fourth-order valence-corrected chi connectivity index (χ4v) is 3.82. The number of hydrogen-bond donors (Lipinski definition) is 2. The Hall–Kier alpha value is -2.86. The number of aliphatic hydroxyl groups excluding tert-OH is 1. The number of methoxy groups -OCH3 is 1. The number of amides is 1. The van der Waals surface area contributed by atoms with Crippen LogP contribution in [0.4, 0.5) is 11.4 Å². The van der Waals surface area contributed by atoms with E-state index in [1.54, 1.807) is 19.1 Å². The second kappa shape index (κ2) is 8.66. The molecule has 1 unspecified atom stereocenters. The predicted octanol–water partition coefficient (Wildman–Crippen LogP) is 3.47. The van der Waals surface area contributed by atoms with E-state index in [9.17, 15) is 14.7 Å². The number of esters is 1. The summed E-state index contributed by atoms with van der Waals surface area (Å²) in [5.41, 5.74) is 5.08. The Morgan fingerprint density at radius 1 is 1.14 bits per heavy atom. The van der Waals surface area contributed by atoms with Gasteiger partial charge in [0.05, 0.1) is 12.7 Å². The van der Waals surface area contributed by atoms with Gasteiger partial charge in [0.2, 0.25) is 0 Å². The van der Waals surface area contributed by atoms with Crippen molar-refractivity contribution in [2.45, 2.75) is 27.2 Å². The van der Waals surface area contributed by atoms with Crippen LogP contribution in [0.25, 0.3) is 0 Å². The normalized spacial score (nSPS) is 16.0. The average molecular weight is 396 g/mol. The summed E-state index contributed by atoms with van der Waals surface area (Å²) in [5.74, 6) is -0.362. The Labute approximate surface area is 171 Å². The van der Waals surface area contributed by atoms with Gasteiger partial charge in [-0.15, -0.1) is 0 Å². The van der Waals surface area contributed by atoms with Crippen molar-refractivity contribution in [1.82, 2.24) is 0 Å². The molecule has 2 N–H and O–H groups in total. The van der Waals surface area contributed by atoms with E-state index in [1.807, 2.05) is 32.0 Å². The van der Waals surface area contributed by atoms with Gasteiger partial charge in [0.25, 0.3) is 5.91 Å². The Kier molecular flexibility index (Phi) is 6.23. The van der Waals surface area contributed by atoms with Crippen LogP contribution >= 0.6 is 0 Å². The van der Waals surface area contributed by atoms with Crippen molar-refractivity contribution >= 4 is 23.3 Å². The Balaban J connectivity index is 1.88. The van der Waals surface area contributed by atoms with E-state index >= 15 is 0 Å². The van der Waals surface area contributed by atoms with Crippen molar-refractivity contribution in [1.29, 1.82) is 0 Å². The fraction of sp³-hybridized carbons (Fsp3) is 0.391. The highest BCUT2D eigenvalue weighted by Crippen LogP contribution is 2.28. The Bertz CT molecular complexity index is 939. The number of nitrogens with one attached hydrogen (secondary N) is 1. The number of hydrogen-bond acceptors (Lipinski definition) is 5. The molecule has 1 atom stereocenters. The third-order valence-corrected chi connectivity index (χ3v) is 5.69. The minimum absolute atomic E-state index is 0.185. The number of benzene rings is 2. The van der Waals surface area contributed by atoms with Gasteiger partial charge < -0.3 is 20.1 Å². The van der Waals surface area contributed by atoms with Gasteiger partial charge in [-0.25, -0.2) is 4.79 Å². The van der Waals surface area contributed by atoms with Crippen LogP contribution in [-0.2, 0) is 4.74 Å². The molecule has 0 aliphatic carbocycles. The molecule has 0 radical (unpaired) electrons. The van der Waals surface area contributed by atoms with E-state index in [4.69, 9.17) is 4.74 Å². The molecule has 6 heteroatoms. The highest BCUT2D eigenvalue weighted by Gasteiger charge is 2.23. The van der Waals surface area contributed by atoms with Crippen molar-refractivity contribution in [3.05, 3.63) is 58.1 Å². The zero-order valence-electron chi connectivity index (χ0n) is 17.4. The monoisotopic (exact) mass is 396 g/mol. The molecule has 29 heavy (non-hydrogen) atoms. The van der Waals surface area contributed by atoms with Crippen molar-refractivity contribution in [3.8, 4) is 0 Å². The summed E-state index contributed by atoms with van der Waals surface area (Å²) in [6.07, 6.45) is 0.949. The maximum absolute atomic E-state index is 13.1. The van der Waals surface area contributed by atoms with Crippen LogP contribution in [0.1, 0.15) is 43.8 Å². The van der Waals surface area contributed by atoms with Crippen LogP contribution in [-0.4, -0.2) is 43.8 Å². The first-order chi connectivity index (χ1) is 13.8. The molecular formula is C23H28N2O4. The largest absolute Gasteiger partial charge is 0.465 e. The number of aryl methyl sites for hydroxylation is 2. The SMILES string of the molecule is COC(=O)c1ccc(C)c(NC(=O)c2cc(N3CCC(CO)C3)ccc2C)c1C. The predicted molar refractivity (Wildman–Crippen MR) is 114 cm³/mol. The number of carbonyl (C=O) groups is 2. The lowest BCUT2D eigenvalue weighted by atomic mass is 10.0. The fourth-order valence-electron chi connectivity index (χ4n) is 3.82. The molecule has 0 saturated carbocycles. The zero-order chi connectivity index (χ0) is 21.1. The molecule has 1 aliphatic rings. The molecule has 154 valence electrons. The minimum Gasteiger partial charge on any atom is -0.465 e. The first-order valence-electron chi connectivity index (χ1n) is 9.82. The van der Waals surface area contributed by atoms with Gasteiger partial charge in [-0.3, -0.25) is 4.79 Å². The highest BCUT2D eigenvalue weighted by atomic mass is 16.5. The highest BCUT2D eigenvalue weighted by molar-refractivity contribution is 6.07. The summed E-state index contributed by atoms with van der Waals surface area (Å²) >= 11 is 0. The number of rotatable bonds is 5. The van der Waals surface area contributed by atoms with E-state index in [0.29, 0.717) is 22.4 Å². The summed E-state index contributed by atoms with van der Waals surface area (Å²) in [5, 5.41) is 12.4. The molecule has 1 saturated heterocycles. The molecule has 1 fully saturated rings. The molecule has 1 aliphatic heterocycles. The van der Waals surface area contributed by atoms with E-state index in [2.05, 4.69) is 10.2 Å². The summed E-state index contributed by atoms with van der Waals surface area (Å²) in [6, 6.07) is 9.38. The number of aliphatic hydroxyl groups is 1. The standard InChI is InChI=1S/C23H28N2O4/c1-14-5-7-18(25-10-9-17(12-25)13-26)11-20(14)22(27)24-21-15(2)6-8-19(16(21)3)23(28)29-4/h5-8,11,17,26H,9-10,12-13H2,1-4H3,(H,24,27). The number of ether oxygens (including phenoxy) is 1. The zero-order valence-corrected chi connectivity index (χ0v) is 17.4. The second-order valence-corrected chi connectivity index (χ2v) is 7.66. The molecule has 6 nitrogen and oxygen atoms in total. The van der Waals surface area contributed by atoms with Crippen molar-refractivity contribution in [2.75, 3.05) is 37.0 Å². The molecule has 1 amide bonds. The second-order valence-electron chi connectivity index (χ2n) is 7.66. The van der Waals surface area contributed by atoms with Gasteiger partial charge >= 0.3 is 5.97 Å². The average Bonchev–Trinajstić information content (AvgIpc) is 3.20. The summed E-state index contributed by atoms with van der Waals surface area (Å²) in [4.78, 5) is 27.3. The lowest BCUT2D eigenvalue weighted by molar-refractivity contribution is 0.0599. The van der Waals surface area contributed by atoms with E-state index in [1.165, 1.54) is 7.11 Å². The van der Waals surface area contributed by atoms with Crippen LogP contribution in [0.5, 0.6) is 0 Å². The van der Waals surface area contributed by atoms with E-state index < -0.39 is 5.97 Å². The molecule has 0 spiro atoms. The van der Waals surface area contributed by atoms with Gasteiger partial charge in [-0.1, -0.05) is 12.1 Å². The third-order valence-electron chi connectivity index (χ3n) is 5.69. The van der Waals surface area contributed by atoms with E-state index in [0.717, 1.165) is 36.3 Å². The summed E-state index contributed by atoms with van der Waals surface area (Å²) in [7, 11) is 1.34. The van der Waals surface area contributed by atoms with E-state index in [-0.39, 0.29) is 18.4 Å². The van der Waals surface area contributed by atoms with Gasteiger partial charge in [0.15, 0.2) is 0 Å². The van der Waals surface area contributed by atoms with Crippen LogP contribution < -0.4 is 10.2 Å². The maximum atomic E-state index is 13.1. The molecule has 3 rings (SSSR count). The molecule has 0 aromatic heterocycles. The van der Waals surface area contributed by atoms with Gasteiger partial charge in [-0.05, 0) is 62.1 Å². The smallest absolute Gasteiger partial charge is 0.338 e. The first-order valence-corrected chi connectivity index (χ1v) is 9.82. The van der Waals surface area contributed by atoms with Gasteiger partial charge in [0, 0.05) is 42.6 Å². The summed E-state index contributed by atoms with van der Waals surface area (Å²) in [6.45, 7) is 7.45. The lowest BCUT2D eigenvalue weighted by Gasteiger charge is -2.20. The number of anilines is 2. The van der Waals surface area contributed by atoms with Crippen LogP contribution in [0.3, 0.4) is 0 Å². The van der Waals surface area contributed by atoms with Crippen molar-refractivity contribution < 1.29 is 19.4 Å². The topological polar surface area (TPSA) is 78.9 Å². The van der Waals surface area contributed by atoms with Crippen LogP contribution in [0.2, 0.25) is 0 Å². The minimum atomic E-state index is -0.427. The third kappa shape index (κ3) is 4.27. The van der Waals surface area contributed by atoms with Gasteiger partial charge in [0.1, 0.15) is 0 Å². The first kappa shape index (κ1) is 20.9. The molecule has 1 heterocycles. The Morgan fingerprint density at radius 2 is 1.86 bits per heavy atom. The summed E-state index contributed by atoms with van der Waals surface area (Å²) < 4.78 is 4.84. The lowest BCUT2D eigenvalue weighted by Crippen LogP contribution is -2.22. The molecule has 2 aromatic carbocycles. The quantitative estimate of drug-likeness (QED) is 0.757. The van der Waals surface area contributed by atoms with Crippen molar-refractivity contribution in [3.63, 3.8) is 0 Å². The number of nitrogens with zero attached hydrogens (tertiary/aromatic N) is 1. The molecule has 2 aromatic rings. The molecule has 0 bridgehead atoms. The van der Waals surface area contributed by atoms with Crippen LogP contribution in [0.15, 0.2) is 30.3 Å². The van der Waals surface area contributed by atoms with Crippen molar-refractivity contribution in [2.24, 2.45) is 5.92 Å². The van der Waals surface area contributed by atoms with Crippen LogP contribution in [0, 0.1) is 26.7 Å². The number of carbonyl (C=O) groups excluding carboxylic acids is 2. The Morgan fingerprint density at radius 3 is 2.52 bits per heavy atom. The van der Waals surface area contributed by atoms with Gasteiger partial charge in [-0.2, -0.15) is 0 Å². The molecular weight excluding hydrogens is 368 g/mol.